The fourth-order valence-corrected chi connectivity index (χ4v) is 2.95. The maximum absolute atomic E-state index is 12.0. The number of hydrogen-bond acceptors (Lipinski definition) is 4. The fraction of sp³-hybridized carbons (Fsp3) is 0.214. The lowest BCUT2D eigenvalue weighted by Gasteiger charge is -2.08. The van der Waals surface area contributed by atoms with Crippen LogP contribution in [0.25, 0.3) is 10.8 Å². The predicted molar refractivity (Wildman–Crippen MR) is 73.5 cm³/mol. The van der Waals surface area contributed by atoms with E-state index in [4.69, 9.17) is 0 Å². The first-order chi connectivity index (χ1) is 9.38. The zero-order valence-electron chi connectivity index (χ0n) is 10.9. The summed E-state index contributed by atoms with van der Waals surface area (Å²) in [6, 6.07) is 10.5. The van der Waals surface area contributed by atoms with Crippen LogP contribution in [0.3, 0.4) is 0 Å². The van der Waals surface area contributed by atoms with Crippen molar-refractivity contribution in [2.24, 2.45) is 0 Å². The average Bonchev–Trinajstić information content (AvgIpc) is 2.37. The molecule has 0 aromatic heterocycles. The highest BCUT2D eigenvalue weighted by Crippen LogP contribution is 2.20. The fourth-order valence-electron chi connectivity index (χ4n) is 1.88. The van der Waals surface area contributed by atoms with Gasteiger partial charge in [0.15, 0.2) is 0 Å². The maximum atomic E-state index is 12.0. The number of carbonyl (C=O) groups excluding carboxylic acids is 1. The van der Waals surface area contributed by atoms with Gasteiger partial charge in [-0.2, -0.15) is 0 Å². The summed E-state index contributed by atoms with van der Waals surface area (Å²) in [5.74, 6) is -1.29. The molecule has 0 fully saturated rings. The number of carboxylic acid groups (broad SMARTS) is 1. The van der Waals surface area contributed by atoms with Crippen molar-refractivity contribution in [3.63, 3.8) is 0 Å². The van der Waals surface area contributed by atoms with Gasteiger partial charge in [-0.15, -0.1) is 0 Å². The molecule has 1 N–H and O–H groups in total. The second kappa shape index (κ2) is 5.60. The number of carboxylic acids is 1. The molecule has 2 aromatic carbocycles. The molecule has 0 bridgehead atoms. The second-order valence-corrected chi connectivity index (χ2v) is 6.30. The zero-order chi connectivity index (χ0) is 14.8. The van der Waals surface area contributed by atoms with Crippen LogP contribution in [0.15, 0.2) is 41.3 Å². The number of rotatable bonds is 5. The third-order valence-electron chi connectivity index (χ3n) is 2.90. The van der Waals surface area contributed by atoms with E-state index in [2.05, 4.69) is 4.72 Å². The van der Waals surface area contributed by atoms with E-state index in [-0.39, 0.29) is 17.9 Å². The number of fused-ring (bicyclic) bond motifs is 1. The lowest BCUT2D eigenvalue weighted by atomic mass is 10.1. The lowest BCUT2D eigenvalue weighted by molar-refractivity contribution is -0.305. The molecule has 2 aromatic rings. The molecule has 0 atom stereocenters. The SMILES string of the molecule is Cc1ccc2cc(S(=O)(=O)NCCC(=O)[O-])ccc2c1. The van der Waals surface area contributed by atoms with Crippen LogP contribution >= 0.6 is 0 Å². The van der Waals surface area contributed by atoms with Gasteiger partial charge in [0.25, 0.3) is 0 Å². The highest BCUT2D eigenvalue weighted by Gasteiger charge is 2.13. The van der Waals surface area contributed by atoms with Gasteiger partial charge >= 0.3 is 0 Å². The average molecular weight is 292 g/mol. The second-order valence-electron chi connectivity index (χ2n) is 4.53. The van der Waals surface area contributed by atoms with E-state index in [0.717, 1.165) is 16.3 Å². The van der Waals surface area contributed by atoms with Crippen molar-refractivity contribution >= 4 is 26.8 Å². The molecule has 0 heterocycles. The Morgan fingerprint density at radius 3 is 2.50 bits per heavy atom. The number of carbonyl (C=O) groups is 1. The smallest absolute Gasteiger partial charge is 0.240 e. The first kappa shape index (κ1) is 14.5. The molecule has 0 aliphatic heterocycles. The Bertz CT molecular complexity index is 753. The summed E-state index contributed by atoms with van der Waals surface area (Å²) in [7, 11) is -3.70. The number of aliphatic carboxylic acids is 1. The van der Waals surface area contributed by atoms with Gasteiger partial charge in [-0.3, -0.25) is 0 Å². The molecule has 0 spiro atoms. The Balaban J connectivity index is 2.27. The van der Waals surface area contributed by atoms with Gasteiger partial charge in [-0.25, -0.2) is 13.1 Å². The van der Waals surface area contributed by atoms with E-state index in [0.29, 0.717) is 0 Å². The summed E-state index contributed by atoms with van der Waals surface area (Å²) in [6.07, 6.45) is -0.355. The third-order valence-corrected chi connectivity index (χ3v) is 4.36. The van der Waals surface area contributed by atoms with Crippen molar-refractivity contribution in [3.05, 3.63) is 42.0 Å². The van der Waals surface area contributed by atoms with Gasteiger partial charge in [0, 0.05) is 18.9 Å². The Morgan fingerprint density at radius 2 is 1.80 bits per heavy atom. The van der Waals surface area contributed by atoms with Crippen molar-refractivity contribution < 1.29 is 18.3 Å². The zero-order valence-corrected chi connectivity index (χ0v) is 11.7. The number of benzene rings is 2. The molecule has 0 unspecified atom stereocenters. The Kier molecular flexibility index (Phi) is 4.06. The van der Waals surface area contributed by atoms with Crippen molar-refractivity contribution in [2.75, 3.05) is 6.54 Å². The molecule has 5 nitrogen and oxygen atoms in total. The molecule has 0 aliphatic rings. The topological polar surface area (TPSA) is 86.3 Å². The molecule has 0 saturated heterocycles. The first-order valence-electron chi connectivity index (χ1n) is 6.08. The largest absolute Gasteiger partial charge is 0.550 e. The monoisotopic (exact) mass is 292 g/mol. The van der Waals surface area contributed by atoms with Crippen LogP contribution in [0.2, 0.25) is 0 Å². The minimum atomic E-state index is -3.70. The number of aryl methyl sites for hydroxylation is 1. The van der Waals surface area contributed by atoms with E-state index in [9.17, 15) is 18.3 Å². The minimum absolute atomic E-state index is 0.118. The van der Waals surface area contributed by atoms with E-state index in [1.807, 2.05) is 25.1 Å². The molecular weight excluding hydrogens is 278 g/mol. The molecule has 0 aliphatic carbocycles. The Labute approximate surface area is 117 Å². The summed E-state index contributed by atoms with van der Waals surface area (Å²) in [4.78, 5) is 10.4. The molecule has 0 amide bonds. The highest BCUT2D eigenvalue weighted by molar-refractivity contribution is 7.89. The third kappa shape index (κ3) is 3.34. The standard InChI is InChI=1S/C14H15NO4S/c1-10-2-3-12-9-13(5-4-11(12)8-10)20(18,19)15-7-6-14(16)17/h2-5,8-9,15H,6-7H2,1H3,(H,16,17)/p-1. The van der Waals surface area contributed by atoms with Crippen LogP contribution in [-0.4, -0.2) is 20.9 Å². The summed E-state index contributed by atoms with van der Waals surface area (Å²) in [5, 5.41) is 12.1. The van der Waals surface area contributed by atoms with Crippen LogP contribution < -0.4 is 9.83 Å². The number of sulfonamides is 1. The van der Waals surface area contributed by atoms with Gasteiger partial charge in [-0.05, 0) is 29.8 Å². The van der Waals surface area contributed by atoms with Crippen molar-refractivity contribution in [2.45, 2.75) is 18.2 Å². The van der Waals surface area contributed by atoms with Crippen molar-refractivity contribution in [1.29, 1.82) is 0 Å². The van der Waals surface area contributed by atoms with Crippen LogP contribution in [-0.2, 0) is 14.8 Å². The molecular formula is C14H14NO4S-. The Morgan fingerprint density at radius 1 is 1.15 bits per heavy atom. The van der Waals surface area contributed by atoms with Gasteiger partial charge in [0.2, 0.25) is 10.0 Å². The van der Waals surface area contributed by atoms with Crippen LogP contribution in [0.4, 0.5) is 0 Å². The van der Waals surface area contributed by atoms with Crippen molar-refractivity contribution in [1.82, 2.24) is 4.72 Å². The summed E-state index contributed by atoms with van der Waals surface area (Å²) >= 11 is 0. The van der Waals surface area contributed by atoms with E-state index in [1.165, 1.54) is 6.07 Å². The quantitative estimate of drug-likeness (QED) is 0.872. The predicted octanol–water partition coefficient (Wildman–Crippen LogP) is 0.567. The molecule has 20 heavy (non-hydrogen) atoms. The summed E-state index contributed by atoms with van der Waals surface area (Å²) in [6.45, 7) is 1.78. The van der Waals surface area contributed by atoms with Crippen LogP contribution in [0.1, 0.15) is 12.0 Å². The molecule has 2 rings (SSSR count). The van der Waals surface area contributed by atoms with E-state index < -0.39 is 16.0 Å². The van der Waals surface area contributed by atoms with Crippen LogP contribution in [0, 0.1) is 6.92 Å². The number of nitrogens with one attached hydrogen (secondary N) is 1. The lowest BCUT2D eigenvalue weighted by Crippen LogP contribution is -2.31. The van der Waals surface area contributed by atoms with E-state index >= 15 is 0 Å². The molecule has 0 saturated carbocycles. The first-order valence-corrected chi connectivity index (χ1v) is 7.57. The van der Waals surface area contributed by atoms with Gasteiger partial charge in [0.05, 0.1) is 4.90 Å². The van der Waals surface area contributed by atoms with Gasteiger partial charge in [0.1, 0.15) is 0 Å². The highest BCUT2D eigenvalue weighted by atomic mass is 32.2. The van der Waals surface area contributed by atoms with Gasteiger partial charge < -0.3 is 9.90 Å². The maximum Gasteiger partial charge on any atom is 0.240 e. The summed E-state index contributed by atoms with van der Waals surface area (Å²) < 4.78 is 26.2. The normalized spacial score (nSPS) is 11.7. The molecule has 106 valence electrons. The van der Waals surface area contributed by atoms with Crippen molar-refractivity contribution in [3.8, 4) is 0 Å². The number of hydrogen-bond donors (Lipinski definition) is 1. The summed E-state index contributed by atoms with van der Waals surface area (Å²) in [5.41, 5.74) is 1.10. The van der Waals surface area contributed by atoms with Gasteiger partial charge in [-0.1, -0.05) is 29.8 Å². The molecule has 0 radical (unpaired) electrons. The van der Waals surface area contributed by atoms with Crippen LogP contribution in [0.5, 0.6) is 0 Å². The van der Waals surface area contributed by atoms with E-state index in [1.54, 1.807) is 12.1 Å². The Hall–Kier alpha value is -1.92. The molecule has 6 heteroatoms. The minimum Gasteiger partial charge on any atom is -0.550 e.